The first-order valence-electron chi connectivity index (χ1n) is 6.76. The lowest BCUT2D eigenvalue weighted by Crippen LogP contribution is -2.30. The van der Waals surface area contributed by atoms with E-state index in [1.807, 2.05) is 18.3 Å². The molecule has 2 amide bonds. The van der Waals surface area contributed by atoms with Crippen LogP contribution in [0.5, 0.6) is 0 Å². The minimum atomic E-state index is -0.166. The summed E-state index contributed by atoms with van der Waals surface area (Å²) in [5.74, 6) is 0.676. The quantitative estimate of drug-likeness (QED) is 0.872. The summed E-state index contributed by atoms with van der Waals surface area (Å²) in [5, 5.41) is 9.87. The van der Waals surface area contributed by atoms with Gasteiger partial charge < -0.3 is 10.6 Å². The van der Waals surface area contributed by atoms with Crippen LogP contribution in [-0.2, 0) is 6.54 Å². The van der Waals surface area contributed by atoms with Crippen molar-refractivity contribution in [3.8, 4) is 0 Å². The van der Waals surface area contributed by atoms with Gasteiger partial charge in [-0.15, -0.1) is 0 Å². The van der Waals surface area contributed by atoms with Gasteiger partial charge in [0.05, 0.1) is 18.4 Å². The number of hydrogen-bond donors (Lipinski definition) is 2. The van der Waals surface area contributed by atoms with Gasteiger partial charge in [-0.1, -0.05) is 0 Å². The molecule has 6 nitrogen and oxygen atoms in total. The normalized spacial score (nSPS) is 14.0. The largest absolute Gasteiger partial charge is 0.338 e. The third-order valence-electron chi connectivity index (χ3n) is 3.23. The zero-order valence-electron chi connectivity index (χ0n) is 11.1. The van der Waals surface area contributed by atoms with E-state index in [2.05, 4.69) is 20.7 Å². The summed E-state index contributed by atoms with van der Waals surface area (Å²) >= 11 is 0. The molecule has 3 rings (SSSR count). The number of hydrogen-bond acceptors (Lipinski definition) is 3. The number of pyridine rings is 1. The number of nitrogens with zero attached hydrogens (tertiary/aromatic N) is 3. The monoisotopic (exact) mass is 271 g/mol. The minimum Gasteiger partial charge on any atom is -0.338 e. The Morgan fingerprint density at radius 3 is 2.90 bits per heavy atom. The van der Waals surface area contributed by atoms with Crippen molar-refractivity contribution in [2.45, 2.75) is 19.4 Å². The van der Waals surface area contributed by atoms with Crippen LogP contribution in [0.4, 0.5) is 10.5 Å². The number of aromatic nitrogens is 3. The molecular weight excluding hydrogens is 254 g/mol. The molecule has 1 saturated carbocycles. The highest BCUT2D eigenvalue weighted by Gasteiger charge is 2.21. The van der Waals surface area contributed by atoms with Crippen LogP contribution < -0.4 is 10.6 Å². The van der Waals surface area contributed by atoms with Crippen molar-refractivity contribution in [3.63, 3.8) is 0 Å². The van der Waals surface area contributed by atoms with Crippen molar-refractivity contribution in [1.29, 1.82) is 0 Å². The molecule has 0 aliphatic heterocycles. The van der Waals surface area contributed by atoms with E-state index in [9.17, 15) is 4.79 Å². The molecule has 20 heavy (non-hydrogen) atoms. The van der Waals surface area contributed by atoms with Crippen molar-refractivity contribution in [1.82, 2.24) is 20.1 Å². The number of carbonyl (C=O) groups excluding carboxylic acids is 1. The van der Waals surface area contributed by atoms with Gasteiger partial charge >= 0.3 is 6.03 Å². The Morgan fingerprint density at radius 1 is 1.35 bits per heavy atom. The lowest BCUT2D eigenvalue weighted by Gasteiger charge is -2.04. The minimum absolute atomic E-state index is 0.166. The zero-order valence-corrected chi connectivity index (χ0v) is 11.1. The highest BCUT2D eigenvalue weighted by Crippen LogP contribution is 2.27. The predicted octanol–water partition coefficient (Wildman–Crippen LogP) is 1.86. The van der Waals surface area contributed by atoms with E-state index in [-0.39, 0.29) is 6.03 Å². The molecule has 0 spiro atoms. The first-order chi connectivity index (χ1) is 9.79. The average Bonchev–Trinajstić information content (AvgIpc) is 3.19. The predicted molar refractivity (Wildman–Crippen MR) is 75.3 cm³/mol. The van der Waals surface area contributed by atoms with Crippen molar-refractivity contribution in [2.24, 2.45) is 5.92 Å². The van der Waals surface area contributed by atoms with E-state index >= 15 is 0 Å². The molecule has 0 aromatic carbocycles. The molecule has 0 saturated heterocycles. The Morgan fingerprint density at radius 2 is 2.15 bits per heavy atom. The summed E-state index contributed by atoms with van der Waals surface area (Å²) in [6.07, 6.45) is 9.43. The van der Waals surface area contributed by atoms with E-state index in [4.69, 9.17) is 0 Å². The Hall–Kier alpha value is -2.37. The topological polar surface area (TPSA) is 71.8 Å². The summed E-state index contributed by atoms with van der Waals surface area (Å²) in [5.41, 5.74) is 1.82. The summed E-state index contributed by atoms with van der Waals surface area (Å²) in [4.78, 5) is 15.6. The van der Waals surface area contributed by atoms with Gasteiger partial charge in [-0.2, -0.15) is 5.10 Å². The van der Waals surface area contributed by atoms with Crippen LogP contribution >= 0.6 is 0 Å². The van der Waals surface area contributed by atoms with E-state index in [0.717, 1.165) is 12.1 Å². The molecular formula is C14H17N5O. The summed E-state index contributed by atoms with van der Waals surface area (Å²) in [7, 11) is 0. The Bertz CT molecular complexity index is 576. The third-order valence-corrected chi connectivity index (χ3v) is 3.23. The lowest BCUT2D eigenvalue weighted by molar-refractivity contribution is 0.251. The Kier molecular flexibility index (Phi) is 3.62. The second-order valence-corrected chi connectivity index (χ2v) is 5.06. The fourth-order valence-electron chi connectivity index (χ4n) is 1.92. The SMILES string of the molecule is O=C(NCC1CC1)Nc1cnn(Cc2ccncc2)c1. The van der Waals surface area contributed by atoms with Crippen LogP contribution in [0.3, 0.4) is 0 Å². The van der Waals surface area contributed by atoms with E-state index < -0.39 is 0 Å². The average molecular weight is 271 g/mol. The lowest BCUT2D eigenvalue weighted by atomic mass is 10.3. The van der Waals surface area contributed by atoms with Gasteiger partial charge in [0, 0.05) is 25.1 Å². The van der Waals surface area contributed by atoms with Crippen LogP contribution in [0.2, 0.25) is 0 Å². The van der Waals surface area contributed by atoms with Crippen molar-refractivity contribution < 1.29 is 4.79 Å². The molecule has 0 radical (unpaired) electrons. The van der Waals surface area contributed by atoms with E-state index in [1.165, 1.54) is 12.8 Å². The molecule has 2 heterocycles. The fourth-order valence-corrected chi connectivity index (χ4v) is 1.92. The Labute approximate surface area is 117 Å². The Balaban J connectivity index is 1.52. The number of nitrogens with one attached hydrogen (secondary N) is 2. The van der Waals surface area contributed by atoms with Gasteiger partial charge in [0.1, 0.15) is 0 Å². The van der Waals surface area contributed by atoms with Crippen LogP contribution in [-0.4, -0.2) is 27.3 Å². The first-order valence-corrected chi connectivity index (χ1v) is 6.76. The summed E-state index contributed by atoms with van der Waals surface area (Å²) < 4.78 is 1.78. The molecule has 1 fully saturated rings. The maximum atomic E-state index is 11.6. The highest BCUT2D eigenvalue weighted by atomic mass is 16.2. The molecule has 1 aliphatic rings. The fraction of sp³-hybridized carbons (Fsp3) is 0.357. The zero-order chi connectivity index (χ0) is 13.8. The van der Waals surface area contributed by atoms with Crippen LogP contribution in [0.15, 0.2) is 36.9 Å². The molecule has 6 heteroatoms. The smallest absolute Gasteiger partial charge is 0.319 e. The molecule has 2 N–H and O–H groups in total. The van der Waals surface area contributed by atoms with Gasteiger partial charge in [-0.25, -0.2) is 4.79 Å². The molecule has 2 aromatic heterocycles. The number of carbonyl (C=O) groups is 1. The van der Waals surface area contributed by atoms with Crippen molar-refractivity contribution >= 4 is 11.7 Å². The molecule has 104 valence electrons. The van der Waals surface area contributed by atoms with Gasteiger partial charge in [0.15, 0.2) is 0 Å². The van der Waals surface area contributed by atoms with Gasteiger partial charge in [0.25, 0.3) is 0 Å². The van der Waals surface area contributed by atoms with Crippen molar-refractivity contribution in [2.75, 3.05) is 11.9 Å². The highest BCUT2D eigenvalue weighted by molar-refractivity contribution is 5.88. The van der Waals surface area contributed by atoms with Crippen LogP contribution in [0, 0.1) is 5.92 Å². The van der Waals surface area contributed by atoms with Crippen molar-refractivity contribution in [3.05, 3.63) is 42.5 Å². The molecule has 1 aliphatic carbocycles. The van der Waals surface area contributed by atoms with Crippen LogP contribution in [0.1, 0.15) is 18.4 Å². The summed E-state index contributed by atoms with van der Waals surface area (Å²) in [6.45, 7) is 1.42. The number of anilines is 1. The maximum Gasteiger partial charge on any atom is 0.319 e. The number of rotatable bonds is 5. The first kappa shape index (κ1) is 12.7. The second-order valence-electron chi connectivity index (χ2n) is 5.06. The van der Waals surface area contributed by atoms with Gasteiger partial charge in [-0.05, 0) is 36.5 Å². The second kappa shape index (κ2) is 5.73. The maximum absolute atomic E-state index is 11.6. The van der Waals surface area contributed by atoms with E-state index in [0.29, 0.717) is 18.2 Å². The molecule has 0 bridgehead atoms. The number of urea groups is 1. The van der Waals surface area contributed by atoms with Crippen LogP contribution in [0.25, 0.3) is 0 Å². The standard InChI is InChI=1S/C14H17N5O/c20-14(16-7-11-1-2-11)18-13-8-17-19(10-13)9-12-3-5-15-6-4-12/h3-6,8,10-11H,1-2,7,9H2,(H2,16,18,20). The summed E-state index contributed by atoms with van der Waals surface area (Å²) in [6, 6.07) is 3.72. The van der Waals surface area contributed by atoms with Gasteiger partial charge in [0.2, 0.25) is 0 Å². The number of amides is 2. The van der Waals surface area contributed by atoms with Gasteiger partial charge in [-0.3, -0.25) is 9.67 Å². The van der Waals surface area contributed by atoms with E-state index in [1.54, 1.807) is 23.3 Å². The molecule has 0 unspecified atom stereocenters. The third kappa shape index (κ3) is 3.57. The molecule has 2 aromatic rings. The molecule has 0 atom stereocenters.